The molecule has 2 amide bonds. The summed E-state index contributed by atoms with van der Waals surface area (Å²) in [5, 5.41) is 17.5. The van der Waals surface area contributed by atoms with Crippen molar-refractivity contribution in [2.75, 3.05) is 17.3 Å². The van der Waals surface area contributed by atoms with E-state index in [1.54, 1.807) is 13.8 Å². The topological polar surface area (TPSA) is 142 Å². The number of alkyl halides is 3. The standard InChI is InChI=1S/C24H22Cl2F3N7O3S/c1-13-8-14(25)9-15(21(37)34-23(2,3)11-40(4,39)32-12-30)19(13)33-22(38)17-10-18(24(27,28)29)35-36(17)20-16(26)6-5-7-31-20/h5-10H,11H2,1-4H3,(H,33,38)(H,34,37). The van der Waals surface area contributed by atoms with Crippen molar-refractivity contribution in [1.29, 1.82) is 5.26 Å². The van der Waals surface area contributed by atoms with E-state index in [2.05, 4.69) is 25.1 Å². The molecule has 10 nitrogen and oxygen atoms in total. The van der Waals surface area contributed by atoms with Gasteiger partial charge in [0.05, 0.1) is 31.8 Å². The second kappa shape index (κ2) is 11.4. The van der Waals surface area contributed by atoms with Crippen LogP contribution in [0.3, 0.4) is 0 Å². The summed E-state index contributed by atoms with van der Waals surface area (Å²) in [6.07, 6.45) is -0.858. The van der Waals surface area contributed by atoms with Crippen molar-refractivity contribution in [1.82, 2.24) is 20.1 Å². The Morgan fingerprint density at radius 3 is 2.48 bits per heavy atom. The zero-order valence-electron chi connectivity index (χ0n) is 21.4. The number of pyridine rings is 1. The van der Waals surface area contributed by atoms with Gasteiger partial charge in [0.15, 0.2) is 11.5 Å². The van der Waals surface area contributed by atoms with E-state index < -0.39 is 44.6 Å². The molecule has 1 atom stereocenters. The number of nitrogens with zero attached hydrogens (tertiary/aromatic N) is 5. The normalized spacial score (nSPS) is 13.2. The van der Waals surface area contributed by atoms with Crippen LogP contribution < -0.4 is 10.6 Å². The SMILES string of the molecule is Cc1cc(Cl)cc(C(=O)NC(C)(C)CS(C)(=O)=NC#N)c1NC(=O)c1cc(C(F)(F)F)nn1-c1ncccc1Cl. The van der Waals surface area contributed by atoms with Crippen LogP contribution in [-0.2, 0) is 15.9 Å². The minimum Gasteiger partial charge on any atom is -0.346 e. The zero-order chi connectivity index (χ0) is 30.0. The maximum Gasteiger partial charge on any atom is 0.435 e. The van der Waals surface area contributed by atoms with Gasteiger partial charge in [-0.2, -0.15) is 23.5 Å². The number of carbonyl (C=O) groups excluding carboxylic acids is 2. The summed E-state index contributed by atoms with van der Waals surface area (Å²) in [5.74, 6) is -2.18. The lowest BCUT2D eigenvalue weighted by Crippen LogP contribution is -2.48. The smallest absolute Gasteiger partial charge is 0.346 e. The average molecular weight is 616 g/mol. The van der Waals surface area contributed by atoms with Gasteiger partial charge in [0, 0.05) is 29.1 Å². The van der Waals surface area contributed by atoms with Gasteiger partial charge in [0.2, 0.25) is 6.19 Å². The zero-order valence-corrected chi connectivity index (χ0v) is 23.8. The molecule has 40 heavy (non-hydrogen) atoms. The van der Waals surface area contributed by atoms with Crippen LogP contribution in [0.5, 0.6) is 0 Å². The number of halogens is 5. The van der Waals surface area contributed by atoms with E-state index in [-0.39, 0.29) is 32.9 Å². The first kappa shape index (κ1) is 30.9. The fraction of sp³-hybridized carbons (Fsp3) is 0.292. The third-order valence-electron chi connectivity index (χ3n) is 5.27. The summed E-state index contributed by atoms with van der Waals surface area (Å²) >= 11 is 12.3. The van der Waals surface area contributed by atoms with Gasteiger partial charge in [-0.3, -0.25) is 9.59 Å². The first-order chi connectivity index (χ1) is 18.4. The highest BCUT2D eigenvalue weighted by atomic mass is 35.5. The van der Waals surface area contributed by atoms with Crippen LogP contribution in [0.15, 0.2) is 40.9 Å². The molecule has 2 N–H and O–H groups in total. The Morgan fingerprint density at radius 1 is 1.20 bits per heavy atom. The fourth-order valence-corrected chi connectivity index (χ4v) is 5.96. The van der Waals surface area contributed by atoms with E-state index in [9.17, 15) is 27.0 Å². The molecule has 2 aromatic heterocycles. The Labute approximate surface area is 237 Å². The number of hydrogen-bond acceptors (Lipinski definition) is 7. The maximum atomic E-state index is 13.5. The predicted octanol–water partition coefficient (Wildman–Crippen LogP) is 5.24. The number of amides is 2. The molecule has 212 valence electrons. The Morgan fingerprint density at radius 2 is 1.88 bits per heavy atom. The fourth-order valence-electron chi connectivity index (χ4n) is 3.84. The summed E-state index contributed by atoms with van der Waals surface area (Å²) in [5.41, 5.74) is -2.90. The van der Waals surface area contributed by atoms with Crippen LogP contribution >= 0.6 is 23.2 Å². The average Bonchev–Trinajstić information content (AvgIpc) is 3.25. The van der Waals surface area contributed by atoms with Crippen LogP contribution in [-0.4, -0.2) is 48.3 Å². The Balaban J connectivity index is 2.04. The number of nitriles is 1. The van der Waals surface area contributed by atoms with Gasteiger partial charge in [-0.25, -0.2) is 13.9 Å². The van der Waals surface area contributed by atoms with Crippen molar-refractivity contribution in [3.05, 3.63) is 69.1 Å². The highest BCUT2D eigenvalue weighted by molar-refractivity contribution is 7.93. The van der Waals surface area contributed by atoms with E-state index >= 15 is 0 Å². The summed E-state index contributed by atoms with van der Waals surface area (Å²) in [4.78, 5) is 30.6. The monoisotopic (exact) mass is 615 g/mol. The number of benzene rings is 1. The molecule has 3 aromatic rings. The lowest BCUT2D eigenvalue weighted by molar-refractivity contribution is -0.141. The Hall–Kier alpha value is -3.67. The number of nitrogens with one attached hydrogen (secondary N) is 2. The number of rotatable bonds is 7. The number of anilines is 1. The summed E-state index contributed by atoms with van der Waals surface area (Å²) in [7, 11) is -2.96. The van der Waals surface area contributed by atoms with Crippen LogP contribution in [0.25, 0.3) is 5.82 Å². The molecule has 0 aliphatic rings. The lowest BCUT2D eigenvalue weighted by atomic mass is 10.0. The summed E-state index contributed by atoms with van der Waals surface area (Å²) in [6.45, 7) is 4.65. The molecule has 3 rings (SSSR count). The molecule has 0 radical (unpaired) electrons. The molecule has 0 spiro atoms. The summed E-state index contributed by atoms with van der Waals surface area (Å²) in [6, 6.07) is 6.05. The van der Waals surface area contributed by atoms with Gasteiger partial charge in [0.1, 0.15) is 5.69 Å². The number of aromatic nitrogens is 3. The van der Waals surface area contributed by atoms with Crippen LogP contribution in [0, 0.1) is 18.4 Å². The molecule has 0 aliphatic heterocycles. The Bertz CT molecular complexity index is 1660. The molecule has 1 unspecified atom stereocenters. The third-order valence-corrected chi connectivity index (χ3v) is 7.51. The first-order valence-corrected chi connectivity index (χ1v) is 14.1. The van der Waals surface area contributed by atoms with Gasteiger partial charge in [0.25, 0.3) is 11.8 Å². The lowest BCUT2D eigenvalue weighted by Gasteiger charge is -2.27. The molecule has 16 heteroatoms. The quantitative estimate of drug-likeness (QED) is 0.348. The van der Waals surface area contributed by atoms with Crippen LogP contribution in [0.2, 0.25) is 10.0 Å². The minimum absolute atomic E-state index is 0.0462. The van der Waals surface area contributed by atoms with Crippen molar-refractivity contribution in [3.8, 4) is 12.0 Å². The molecule has 0 bridgehead atoms. The third kappa shape index (κ3) is 7.29. The molecule has 0 aliphatic carbocycles. The molecule has 1 aromatic carbocycles. The predicted molar refractivity (Wildman–Crippen MR) is 144 cm³/mol. The maximum absolute atomic E-state index is 13.5. The van der Waals surface area contributed by atoms with E-state index in [4.69, 9.17) is 28.5 Å². The molecule has 2 heterocycles. The van der Waals surface area contributed by atoms with Gasteiger partial charge in [-0.15, -0.1) is 4.36 Å². The van der Waals surface area contributed by atoms with Crippen molar-refractivity contribution < 1.29 is 27.0 Å². The van der Waals surface area contributed by atoms with Gasteiger partial charge in [-0.05, 0) is 50.6 Å². The Kier molecular flexibility index (Phi) is 8.83. The van der Waals surface area contributed by atoms with Crippen LogP contribution in [0.1, 0.15) is 46.0 Å². The van der Waals surface area contributed by atoms with Gasteiger partial charge >= 0.3 is 6.18 Å². The van der Waals surface area contributed by atoms with Gasteiger partial charge < -0.3 is 10.6 Å². The van der Waals surface area contributed by atoms with Crippen molar-refractivity contribution >= 4 is 50.4 Å². The van der Waals surface area contributed by atoms with Crippen molar-refractivity contribution in [3.63, 3.8) is 0 Å². The number of aryl methyl sites for hydroxylation is 1. The minimum atomic E-state index is -4.88. The molecular formula is C24H22Cl2F3N7O3S. The second-order valence-electron chi connectivity index (χ2n) is 9.37. The number of carbonyl (C=O) groups is 2. The van der Waals surface area contributed by atoms with E-state index in [1.165, 1.54) is 49.8 Å². The van der Waals surface area contributed by atoms with Crippen molar-refractivity contribution in [2.24, 2.45) is 4.36 Å². The highest BCUT2D eigenvalue weighted by Crippen LogP contribution is 2.32. The molecule has 0 fully saturated rings. The van der Waals surface area contributed by atoms with E-state index in [1.807, 2.05) is 0 Å². The van der Waals surface area contributed by atoms with Crippen molar-refractivity contribution in [2.45, 2.75) is 32.5 Å². The number of hydrogen-bond donors (Lipinski definition) is 2. The first-order valence-electron chi connectivity index (χ1n) is 11.2. The molecular weight excluding hydrogens is 594 g/mol. The summed E-state index contributed by atoms with van der Waals surface area (Å²) < 4.78 is 57.1. The molecule has 0 saturated carbocycles. The molecule has 0 saturated heterocycles. The highest BCUT2D eigenvalue weighted by Gasteiger charge is 2.37. The van der Waals surface area contributed by atoms with E-state index in [0.29, 0.717) is 16.3 Å². The second-order valence-corrected chi connectivity index (χ2v) is 12.6. The largest absolute Gasteiger partial charge is 0.435 e. The van der Waals surface area contributed by atoms with Gasteiger partial charge in [-0.1, -0.05) is 23.2 Å². The van der Waals surface area contributed by atoms with E-state index in [0.717, 1.165) is 0 Å². The van der Waals surface area contributed by atoms with Crippen LogP contribution in [0.4, 0.5) is 18.9 Å².